The van der Waals surface area contributed by atoms with Gasteiger partial charge in [0.25, 0.3) is 35.4 Å². The van der Waals surface area contributed by atoms with Gasteiger partial charge in [0.05, 0.1) is 0 Å². The summed E-state index contributed by atoms with van der Waals surface area (Å²) in [6, 6.07) is 35.4. The molecule has 6 amide bonds. The zero-order chi connectivity index (χ0) is 73.5. The van der Waals surface area contributed by atoms with Gasteiger partial charge < -0.3 is 60.3 Å². The van der Waals surface area contributed by atoms with Crippen molar-refractivity contribution in [2.45, 2.75) is 160 Å². The summed E-state index contributed by atoms with van der Waals surface area (Å²) >= 11 is 0. The summed E-state index contributed by atoms with van der Waals surface area (Å²) in [7, 11) is 0. The van der Waals surface area contributed by atoms with Gasteiger partial charge in [0.2, 0.25) is 0 Å². The molecular formula is C84H114N6O12. The van der Waals surface area contributed by atoms with E-state index in [0.29, 0.717) is 109 Å². The van der Waals surface area contributed by atoms with Crippen molar-refractivity contribution in [3.05, 3.63) is 176 Å². The molecule has 0 atom stereocenters. The number of ether oxygens (including phenoxy) is 6. The summed E-state index contributed by atoms with van der Waals surface area (Å²) in [5.74, 6) is 3.38. The average molecular weight is 1400 g/mol. The number of hydrogen-bond donors (Lipinski definition) is 6. The molecule has 0 unspecified atom stereocenters. The van der Waals surface area contributed by atoms with Gasteiger partial charge in [0.15, 0.2) is 39.6 Å². The first kappa shape index (κ1) is 80.3. The summed E-state index contributed by atoms with van der Waals surface area (Å²) in [4.78, 5) is 82.9. The van der Waals surface area contributed by atoms with Crippen molar-refractivity contribution in [1.29, 1.82) is 0 Å². The minimum Gasteiger partial charge on any atom is -0.483 e. The largest absolute Gasteiger partial charge is 0.483 e. The first-order valence-corrected chi connectivity index (χ1v) is 37.0. The van der Waals surface area contributed by atoms with Crippen molar-refractivity contribution >= 4 is 35.4 Å². The second-order valence-corrected chi connectivity index (χ2v) is 29.4. The number of carbonyl (C=O) groups excluding carboxylic acids is 6. The third-order valence-electron chi connectivity index (χ3n) is 17.7. The Kier molecular flexibility index (Phi) is 32.9. The predicted octanol–water partition coefficient (Wildman–Crippen LogP) is 12.8. The SMILES string of the molecule is CC(C)CCNC(=O)COc1c2cccc1Cc1cccc(c1OCC(=O)NCCC(C)C)Cc1cccc(c1OCC(=O)NCCC(C)C)Cc1cccc(c1OCC(=O)NCCC(C)C)Cc1cccc(c1OCC(=O)NCCC(C)C)Cc1cccc(c1OCC(=O)NCCC(C)C)C2. The lowest BCUT2D eigenvalue weighted by Crippen LogP contribution is -2.31. The Morgan fingerprint density at radius 1 is 0.235 bits per heavy atom. The molecule has 0 aliphatic heterocycles. The van der Waals surface area contributed by atoms with Crippen LogP contribution in [-0.4, -0.2) is 114 Å². The second kappa shape index (κ2) is 41.8. The molecule has 552 valence electrons. The van der Waals surface area contributed by atoms with Gasteiger partial charge in [-0.25, -0.2) is 0 Å². The van der Waals surface area contributed by atoms with E-state index >= 15 is 0 Å². The third-order valence-corrected chi connectivity index (χ3v) is 17.7. The molecule has 0 saturated heterocycles. The second-order valence-electron chi connectivity index (χ2n) is 29.4. The fourth-order valence-electron chi connectivity index (χ4n) is 12.0. The Morgan fingerprint density at radius 3 is 0.461 bits per heavy atom. The van der Waals surface area contributed by atoms with E-state index in [1.165, 1.54) is 0 Å². The number of carbonyl (C=O) groups is 6. The minimum absolute atomic E-state index is 0.236. The highest BCUT2D eigenvalue weighted by molar-refractivity contribution is 5.80. The first-order valence-electron chi connectivity index (χ1n) is 37.0. The van der Waals surface area contributed by atoms with Crippen molar-refractivity contribution in [3.8, 4) is 34.5 Å². The Hall–Kier alpha value is -9.06. The van der Waals surface area contributed by atoms with Crippen LogP contribution in [0, 0.1) is 35.5 Å². The molecule has 0 saturated carbocycles. The fraction of sp³-hybridized carbons (Fsp3) is 0.500. The number of amides is 6. The zero-order valence-corrected chi connectivity index (χ0v) is 62.7. The van der Waals surface area contributed by atoms with Crippen molar-refractivity contribution < 1.29 is 57.2 Å². The van der Waals surface area contributed by atoms with E-state index < -0.39 is 0 Å². The quantitative estimate of drug-likeness (QED) is 0.0215. The van der Waals surface area contributed by atoms with Crippen molar-refractivity contribution in [1.82, 2.24) is 31.9 Å². The number of nitrogens with one attached hydrogen (secondary N) is 6. The van der Waals surface area contributed by atoms with Crippen LogP contribution in [0.1, 0.15) is 188 Å². The molecule has 18 nitrogen and oxygen atoms in total. The molecule has 7 rings (SSSR count). The van der Waals surface area contributed by atoms with E-state index in [2.05, 4.69) is 115 Å². The smallest absolute Gasteiger partial charge is 0.257 e. The molecular weight excluding hydrogens is 1280 g/mol. The lowest BCUT2D eigenvalue weighted by atomic mass is 9.91. The predicted molar refractivity (Wildman–Crippen MR) is 403 cm³/mol. The van der Waals surface area contributed by atoms with Gasteiger partial charge in [0, 0.05) is 77.8 Å². The van der Waals surface area contributed by atoms with Crippen LogP contribution in [0.4, 0.5) is 0 Å². The van der Waals surface area contributed by atoms with Gasteiger partial charge >= 0.3 is 0 Å². The Morgan fingerprint density at radius 2 is 0.353 bits per heavy atom. The van der Waals surface area contributed by atoms with Crippen LogP contribution in [0.15, 0.2) is 109 Å². The number of hydrogen-bond acceptors (Lipinski definition) is 12. The summed E-state index contributed by atoms with van der Waals surface area (Å²) in [6.07, 6.45) is 6.16. The number of para-hydroxylation sites is 6. The molecule has 0 fully saturated rings. The molecule has 102 heavy (non-hydrogen) atoms. The highest BCUT2D eigenvalue weighted by Crippen LogP contribution is 2.41. The number of rotatable bonds is 36. The van der Waals surface area contributed by atoms with Crippen molar-refractivity contribution in [3.63, 3.8) is 0 Å². The van der Waals surface area contributed by atoms with Crippen LogP contribution in [0.25, 0.3) is 0 Å². The van der Waals surface area contributed by atoms with Gasteiger partial charge in [-0.05, 0) is 141 Å². The molecule has 1 aliphatic rings. The van der Waals surface area contributed by atoms with Crippen LogP contribution in [0.5, 0.6) is 34.5 Å². The van der Waals surface area contributed by atoms with E-state index in [4.69, 9.17) is 28.4 Å². The van der Waals surface area contributed by atoms with E-state index in [9.17, 15) is 28.8 Å². The standard InChI is InChI=1S/C84H114N6O12/c1-55(2)31-37-85-73(91)49-97-79-61-19-13-20-62(79)44-64-22-15-24-66(81(64)99-51-75(93)87-39-33-57(5)6)46-68-26-17-28-70(83(68)101-53-77(95)89-41-35-59(9)10)48-72-30-18-29-71(84(72)102-54-78(96)90-42-36-60(11)12)47-69-27-16-25-67(82(69)100-52-76(94)88-40-34-58(7)8)45-65-23-14-21-63(43-61)80(65)98-50-74(92)86-38-32-56(3)4/h13-30,55-60H,31-54H2,1-12H3,(H,85,91)(H,86,92)(H,87,93)(H,88,94)(H,89,95)(H,90,96). The molecule has 0 spiro atoms. The maximum atomic E-state index is 13.8. The van der Waals surface area contributed by atoms with Crippen LogP contribution in [-0.2, 0) is 67.3 Å². The third kappa shape index (κ3) is 27.0. The molecule has 18 heteroatoms. The summed E-state index contributed by atoms with van der Waals surface area (Å²) in [5.41, 5.74) is 8.81. The zero-order valence-electron chi connectivity index (χ0n) is 62.7. The molecule has 12 bridgehead atoms. The summed E-state index contributed by atoms with van der Waals surface area (Å²) in [5, 5.41) is 18.3. The summed E-state index contributed by atoms with van der Waals surface area (Å²) in [6.45, 7) is 26.5. The molecule has 6 aromatic carbocycles. The molecule has 1 aliphatic carbocycles. The maximum absolute atomic E-state index is 13.8. The Balaban J connectivity index is 1.49. The highest BCUT2D eigenvalue weighted by atomic mass is 16.5. The lowest BCUT2D eigenvalue weighted by molar-refractivity contribution is -0.123. The average Bonchev–Trinajstić information content (AvgIpc) is 0.798. The molecule has 6 N–H and O–H groups in total. The van der Waals surface area contributed by atoms with Gasteiger partial charge in [-0.2, -0.15) is 0 Å². The Bertz CT molecular complexity index is 2970. The van der Waals surface area contributed by atoms with Crippen LogP contribution in [0.3, 0.4) is 0 Å². The molecule has 0 aromatic heterocycles. The van der Waals surface area contributed by atoms with Crippen LogP contribution in [0.2, 0.25) is 0 Å². The normalized spacial score (nSPS) is 12.2. The van der Waals surface area contributed by atoms with Crippen LogP contribution >= 0.6 is 0 Å². The molecule has 6 aromatic rings. The van der Waals surface area contributed by atoms with Crippen LogP contribution < -0.4 is 60.3 Å². The highest BCUT2D eigenvalue weighted by Gasteiger charge is 2.26. The lowest BCUT2D eigenvalue weighted by Gasteiger charge is -2.22. The number of fused-ring (bicyclic) bond motifs is 12. The monoisotopic (exact) mass is 1400 g/mol. The van der Waals surface area contributed by atoms with Crippen molar-refractivity contribution in [2.24, 2.45) is 35.5 Å². The van der Waals surface area contributed by atoms with Gasteiger partial charge in [-0.1, -0.05) is 192 Å². The fourth-order valence-corrected chi connectivity index (χ4v) is 12.0. The maximum Gasteiger partial charge on any atom is 0.257 e. The topological polar surface area (TPSA) is 230 Å². The molecule has 0 radical (unpaired) electrons. The van der Waals surface area contributed by atoms with Crippen molar-refractivity contribution in [2.75, 3.05) is 78.9 Å². The Labute approximate surface area is 606 Å². The minimum atomic E-state index is -0.281. The van der Waals surface area contributed by atoms with Gasteiger partial charge in [0.1, 0.15) is 34.5 Å². The van der Waals surface area contributed by atoms with Gasteiger partial charge in [-0.15, -0.1) is 0 Å². The van der Waals surface area contributed by atoms with E-state index in [1.54, 1.807) is 0 Å². The first-order chi connectivity index (χ1) is 49.0. The van der Waals surface area contributed by atoms with Gasteiger partial charge in [-0.3, -0.25) is 28.8 Å². The molecule has 0 heterocycles. The summed E-state index contributed by atoms with van der Waals surface area (Å²) < 4.78 is 40.7. The van der Waals surface area contributed by atoms with E-state index in [0.717, 1.165) is 105 Å². The van der Waals surface area contributed by atoms with E-state index in [-0.39, 0.29) is 114 Å². The van der Waals surface area contributed by atoms with E-state index in [1.807, 2.05) is 109 Å². The number of benzene rings is 6.